The Bertz CT molecular complexity index is 1260. The van der Waals surface area contributed by atoms with E-state index >= 15 is 0 Å². The molecule has 1 fully saturated rings. The van der Waals surface area contributed by atoms with Crippen molar-refractivity contribution in [1.82, 2.24) is 4.90 Å². The van der Waals surface area contributed by atoms with Crippen LogP contribution in [0.1, 0.15) is 112 Å². The first-order chi connectivity index (χ1) is 21.4. The number of rotatable bonds is 7. The number of quaternary nitrogens is 1. The fourth-order valence-corrected chi connectivity index (χ4v) is 7.37. The molecule has 252 valence electrons. The van der Waals surface area contributed by atoms with Crippen LogP contribution >= 0.6 is 11.6 Å². The third-order valence-electron chi connectivity index (χ3n) is 9.74. The summed E-state index contributed by atoms with van der Waals surface area (Å²) in [6, 6.07) is 3.09. The van der Waals surface area contributed by atoms with Crippen LogP contribution in [0.2, 0.25) is 5.02 Å². The molecule has 0 aromatic heterocycles. The lowest BCUT2D eigenvalue weighted by atomic mass is 9.80. The van der Waals surface area contributed by atoms with Crippen LogP contribution < -0.4 is 0 Å². The first-order valence-corrected chi connectivity index (χ1v) is 17.8. The van der Waals surface area contributed by atoms with Crippen molar-refractivity contribution in [3.8, 4) is 0 Å². The van der Waals surface area contributed by atoms with Gasteiger partial charge in [0, 0.05) is 28.7 Å². The summed E-state index contributed by atoms with van der Waals surface area (Å²) in [7, 11) is 3.99. The first-order valence-electron chi connectivity index (χ1n) is 17.4. The molecule has 0 bridgehead atoms. The van der Waals surface area contributed by atoms with E-state index in [4.69, 9.17) is 21.3 Å². The number of ether oxygens (including phenoxy) is 1. The van der Waals surface area contributed by atoms with Crippen molar-refractivity contribution < 1.29 is 13.6 Å². The number of hydrogen-bond donors (Lipinski definition) is 0. The van der Waals surface area contributed by atoms with E-state index in [1.54, 1.807) is 13.2 Å². The minimum Gasteiger partial charge on any atom is -0.484 e. The molecule has 1 aromatic carbocycles. The predicted octanol–water partition coefficient (Wildman–Crippen LogP) is 11.2. The van der Waals surface area contributed by atoms with Crippen LogP contribution in [0.25, 0.3) is 5.57 Å². The van der Waals surface area contributed by atoms with Crippen LogP contribution in [0.15, 0.2) is 59.5 Å². The molecular weight excluding hydrogens is 581 g/mol. The Hall–Kier alpha value is -2.37. The number of allylic oxidation sites excluding steroid dienone is 3. The van der Waals surface area contributed by atoms with Crippen LogP contribution in [-0.2, 0) is 4.74 Å². The van der Waals surface area contributed by atoms with E-state index in [0.717, 1.165) is 41.0 Å². The summed E-state index contributed by atoms with van der Waals surface area (Å²) in [5.74, 6) is 3.21. The van der Waals surface area contributed by atoms with Gasteiger partial charge in [0.25, 0.3) is 0 Å². The third kappa shape index (κ3) is 8.71. The normalized spacial score (nSPS) is 24.4. The Morgan fingerprint density at radius 1 is 1.16 bits per heavy atom. The maximum absolute atomic E-state index is 13.9. The maximum atomic E-state index is 13.9. The number of aliphatic imine (C=N–C) groups is 1. The monoisotopic (exact) mass is 642 g/mol. The molecule has 1 aliphatic carbocycles. The van der Waals surface area contributed by atoms with Crippen molar-refractivity contribution in [3.05, 3.63) is 76.5 Å². The van der Waals surface area contributed by atoms with Gasteiger partial charge >= 0.3 is 0 Å². The Labute approximate surface area is 280 Å². The molecule has 5 unspecified atom stereocenters. The number of fused-ring (bicyclic) bond motifs is 2. The van der Waals surface area contributed by atoms with Crippen LogP contribution in [-0.4, -0.2) is 48.7 Å². The van der Waals surface area contributed by atoms with Gasteiger partial charge in [-0.3, -0.25) is 14.4 Å². The maximum Gasteiger partial charge on any atom is 0.199 e. The first kappa shape index (κ1) is 38.8. The number of likely N-dealkylation sites (N-methyl/N-ethyl adjacent to an activating group) is 1. The molecule has 0 N–H and O–H groups in total. The molecule has 1 saturated carbocycles. The van der Waals surface area contributed by atoms with Gasteiger partial charge in [-0.2, -0.15) is 0 Å². The van der Waals surface area contributed by atoms with Gasteiger partial charge in [0.2, 0.25) is 0 Å². The standard InChI is InChI=1S/C18H19ClFN2.C17H31NO.2C2H6/c1-11-10-22(3)7-6-21-12(2)4-5-14(18(21)22)17-15(11)8-13(20)9-16(17)19;1-7-13(4)16(12(2)3)17(19-6)18-11-14(5)15-9-8-10-15;2*1-2/h4-9,11,18H,10H2,1-3H3;12-13,15-16H,5,7-11H2,1-4,6H3;2*1-2H3/q+1;;;. The third-order valence-corrected chi connectivity index (χ3v) is 10.0. The minimum atomic E-state index is -0.254. The van der Waals surface area contributed by atoms with Gasteiger partial charge in [0.05, 0.1) is 38.5 Å². The lowest BCUT2D eigenvalue weighted by Crippen LogP contribution is -2.52. The zero-order valence-corrected chi connectivity index (χ0v) is 31.1. The van der Waals surface area contributed by atoms with Gasteiger partial charge in [0.15, 0.2) is 12.1 Å². The van der Waals surface area contributed by atoms with Gasteiger partial charge in [0.1, 0.15) is 12.0 Å². The Kier molecular flexibility index (Phi) is 15.1. The summed E-state index contributed by atoms with van der Waals surface area (Å²) >= 11 is 6.46. The van der Waals surface area contributed by atoms with E-state index in [1.807, 2.05) is 27.7 Å². The van der Waals surface area contributed by atoms with Crippen molar-refractivity contribution in [2.75, 3.05) is 27.2 Å². The quantitative estimate of drug-likeness (QED) is 0.128. The van der Waals surface area contributed by atoms with Crippen molar-refractivity contribution in [2.45, 2.75) is 107 Å². The van der Waals surface area contributed by atoms with Crippen LogP contribution in [0, 0.1) is 29.5 Å². The summed E-state index contributed by atoms with van der Waals surface area (Å²) in [6.07, 6.45) is 14.0. The summed E-state index contributed by atoms with van der Waals surface area (Å²) < 4.78 is 20.3. The highest BCUT2D eigenvalue weighted by Crippen LogP contribution is 2.47. The summed E-state index contributed by atoms with van der Waals surface area (Å²) in [4.78, 5) is 7.03. The topological polar surface area (TPSA) is 24.8 Å². The highest BCUT2D eigenvalue weighted by molar-refractivity contribution is 6.32. The van der Waals surface area contributed by atoms with Gasteiger partial charge in [-0.1, -0.05) is 98.9 Å². The molecule has 4 nitrogen and oxygen atoms in total. The number of benzene rings is 1. The number of methoxy groups -OCH3 is 1. The van der Waals surface area contributed by atoms with Gasteiger partial charge in [-0.05, 0) is 67.4 Å². The second-order valence-electron chi connectivity index (χ2n) is 13.1. The molecule has 5 rings (SSSR count). The van der Waals surface area contributed by atoms with Crippen molar-refractivity contribution in [3.63, 3.8) is 0 Å². The molecule has 0 amide bonds. The fraction of sp³-hybridized carbons (Fsp3) is 0.615. The fourth-order valence-electron chi connectivity index (χ4n) is 7.05. The van der Waals surface area contributed by atoms with Crippen molar-refractivity contribution in [1.29, 1.82) is 0 Å². The molecule has 4 aliphatic rings. The van der Waals surface area contributed by atoms with E-state index in [9.17, 15) is 4.39 Å². The number of nitrogens with zero attached hydrogens (tertiary/aromatic N) is 3. The van der Waals surface area contributed by atoms with Crippen molar-refractivity contribution in [2.24, 2.45) is 28.7 Å². The Morgan fingerprint density at radius 2 is 1.80 bits per heavy atom. The minimum absolute atomic E-state index is 0.191. The lowest BCUT2D eigenvalue weighted by Gasteiger charge is -2.40. The van der Waals surface area contributed by atoms with E-state index in [0.29, 0.717) is 28.7 Å². The van der Waals surface area contributed by atoms with Crippen molar-refractivity contribution >= 4 is 23.1 Å². The number of hydrogen-bond acceptors (Lipinski definition) is 3. The average Bonchev–Trinajstić information content (AvgIpc) is 3.29. The summed E-state index contributed by atoms with van der Waals surface area (Å²) in [5.41, 5.74) is 5.72. The molecule has 3 heterocycles. The SMILES string of the molecule is C=C(CN=C(OC)C(C(C)C)C(C)CC)C1CCC1.CC.CC.CC1=CC=C2c3c(Cl)cc(F)cc3C(C)C[N+]3(C)C=CN1C23. The van der Waals surface area contributed by atoms with Gasteiger partial charge < -0.3 is 4.74 Å². The number of halogens is 2. The smallest absolute Gasteiger partial charge is 0.199 e. The molecule has 0 radical (unpaired) electrons. The molecular formula is C39H62ClFN3O+. The van der Waals surface area contributed by atoms with Crippen LogP contribution in [0.5, 0.6) is 0 Å². The second kappa shape index (κ2) is 17.5. The predicted molar refractivity (Wildman–Crippen MR) is 194 cm³/mol. The van der Waals surface area contributed by atoms with E-state index in [2.05, 4.69) is 84.6 Å². The zero-order valence-electron chi connectivity index (χ0n) is 30.4. The van der Waals surface area contributed by atoms with Crippen LogP contribution in [0.4, 0.5) is 4.39 Å². The second-order valence-corrected chi connectivity index (χ2v) is 13.5. The van der Waals surface area contributed by atoms with E-state index in [-0.39, 0.29) is 17.9 Å². The van der Waals surface area contributed by atoms with Crippen LogP contribution in [0.3, 0.4) is 0 Å². The summed E-state index contributed by atoms with van der Waals surface area (Å²) in [5, 5.41) is 0.515. The Morgan fingerprint density at radius 3 is 2.33 bits per heavy atom. The zero-order chi connectivity index (χ0) is 34.1. The molecule has 0 saturated heterocycles. The largest absolute Gasteiger partial charge is 0.484 e. The average molecular weight is 643 g/mol. The Balaban J connectivity index is 0.000000286. The molecule has 0 spiro atoms. The van der Waals surface area contributed by atoms with Gasteiger partial charge in [-0.25, -0.2) is 4.39 Å². The van der Waals surface area contributed by atoms with Gasteiger partial charge in [-0.15, -0.1) is 0 Å². The molecule has 1 aromatic rings. The molecule has 3 aliphatic heterocycles. The highest BCUT2D eigenvalue weighted by Gasteiger charge is 2.48. The summed E-state index contributed by atoms with van der Waals surface area (Å²) in [6.45, 7) is 27.2. The molecule has 5 atom stereocenters. The van der Waals surface area contributed by atoms with E-state index in [1.165, 1.54) is 42.2 Å². The lowest BCUT2D eigenvalue weighted by molar-refractivity contribution is -0.879. The van der Waals surface area contributed by atoms with E-state index < -0.39 is 0 Å². The molecule has 6 heteroatoms. The highest BCUT2D eigenvalue weighted by atomic mass is 35.5. The molecule has 45 heavy (non-hydrogen) atoms.